The van der Waals surface area contributed by atoms with Crippen LogP contribution >= 0.6 is 11.3 Å². The Balaban J connectivity index is 1.15. The Bertz CT molecular complexity index is 2890. The molecule has 0 fully saturated rings. The molecule has 7 aromatic carbocycles. The lowest BCUT2D eigenvalue weighted by Gasteiger charge is -2.25. The maximum absolute atomic E-state index is 2.50. The smallest absolute Gasteiger partial charge is 0.0541 e. The lowest BCUT2D eigenvalue weighted by Crippen LogP contribution is -2.16. The molecule has 0 spiro atoms. The van der Waals surface area contributed by atoms with Crippen LogP contribution in [-0.2, 0) is 0 Å². The molecule has 52 heavy (non-hydrogen) atoms. The fourth-order valence-corrected chi connectivity index (χ4v) is 11.8. The number of nitrogens with zero attached hydrogens (tertiary/aromatic N) is 2. The van der Waals surface area contributed by atoms with Crippen molar-refractivity contribution in [3.05, 3.63) is 179 Å². The van der Waals surface area contributed by atoms with Crippen molar-refractivity contribution in [2.45, 2.75) is 25.7 Å². The van der Waals surface area contributed by atoms with Crippen LogP contribution < -0.4 is 0 Å². The Labute approximate surface area is 305 Å². The van der Waals surface area contributed by atoms with Gasteiger partial charge in [-0.2, -0.15) is 0 Å². The number of benzene rings is 7. The molecule has 0 saturated heterocycles. The molecule has 3 aromatic heterocycles. The van der Waals surface area contributed by atoms with E-state index in [0.29, 0.717) is 11.8 Å². The minimum atomic E-state index is 0.176. The third kappa shape index (κ3) is 3.64. The van der Waals surface area contributed by atoms with Gasteiger partial charge in [-0.3, -0.25) is 0 Å². The molecule has 2 aliphatic rings. The second-order valence-electron chi connectivity index (χ2n) is 15.4. The summed E-state index contributed by atoms with van der Waals surface area (Å²) in [5.74, 6) is 0.884. The number of para-hydroxylation sites is 4. The molecule has 2 atom stereocenters. The number of fused-ring (bicyclic) bond motifs is 16. The molecule has 0 saturated carbocycles. The lowest BCUT2D eigenvalue weighted by atomic mass is 9.78. The molecular formula is C49H34N2S. The second-order valence-corrected chi connectivity index (χ2v) is 16.5. The molecule has 0 radical (unpaired) electrons. The van der Waals surface area contributed by atoms with Crippen molar-refractivity contribution in [3.8, 4) is 22.5 Å². The van der Waals surface area contributed by atoms with E-state index in [1.807, 2.05) is 11.3 Å². The highest BCUT2D eigenvalue weighted by molar-refractivity contribution is 7.19. The SMILES string of the molecule is CC1(C)C2c3ccccc3C1c1c2sc2ccc(-c3cc(-n4c5ccccc5c5ccccc54)cc(-n4c5ccccc5c5ccccc54)c3)cc12. The van der Waals surface area contributed by atoms with E-state index < -0.39 is 0 Å². The van der Waals surface area contributed by atoms with Crippen LogP contribution in [0, 0.1) is 5.41 Å². The summed E-state index contributed by atoms with van der Waals surface area (Å²) in [6.45, 7) is 4.97. The zero-order chi connectivity index (χ0) is 34.3. The first kappa shape index (κ1) is 28.8. The normalized spacial score (nSPS) is 17.2. The number of rotatable bonds is 3. The average Bonchev–Trinajstić information content (AvgIpc) is 3.93. The van der Waals surface area contributed by atoms with Crippen LogP contribution in [0.2, 0.25) is 0 Å². The molecule has 0 N–H and O–H groups in total. The molecule has 12 rings (SSSR count). The summed E-state index contributed by atoms with van der Waals surface area (Å²) >= 11 is 2.02. The van der Waals surface area contributed by atoms with Gasteiger partial charge in [0.25, 0.3) is 0 Å². The Kier molecular flexibility index (Phi) is 5.60. The topological polar surface area (TPSA) is 9.86 Å². The molecular weight excluding hydrogens is 649 g/mol. The van der Waals surface area contributed by atoms with Crippen LogP contribution in [-0.4, -0.2) is 9.13 Å². The quantitative estimate of drug-likeness (QED) is 0.176. The van der Waals surface area contributed by atoms with Crippen molar-refractivity contribution in [1.82, 2.24) is 9.13 Å². The molecule has 10 aromatic rings. The van der Waals surface area contributed by atoms with E-state index in [4.69, 9.17) is 0 Å². The fraction of sp³-hybridized carbons (Fsp3) is 0.102. The van der Waals surface area contributed by atoms with Crippen molar-refractivity contribution in [2.24, 2.45) is 5.41 Å². The maximum Gasteiger partial charge on any atom is 0.0541 e. The first-order valence-corrected chi connectivity index (χ1v) is 19.2. The van der Waals surface area contributed by atoms with Crippen molar-refractivity contribution in [2.75, 3.05) is 0 Å². The van der Waals surface area contributed by atoms with Crippen LogP contribution in [0.3, 0.4) is 0 Å². The van der Waals surface area contributed by atoms with Crippen LogP contribution in [0.1, 0.15) is 47.3 Å². The molecule has 0 amide bonds. The predicted molar refractivity (Wildman–Crippen MR) is 220 cm³/mol. The van der Waals surface area contributed by atoms with Gasteiger partial charge in [0, 0.05) is 54.3 Å². The Morgan fingerprint density at radius 1 is 0.442 bits per heavy atom. The first-order chi connectivity index (χ1) is 25.6. The minimum absolute atomic E-state index is 0.176. The zero-order valence-corrected chi connectivity index (χ0v) is 29.8. The number of aromatic nitrogens is 2. The lowest BCUT2D eigenvalue weighted by molar-refractivity contribution is 0.342. The van der Waals surface area contributed by atoms with Crippen LogP contribution in [0.25, 0.3) is 76.2 Å². The van der Waals surface area contributed by atoms with E-state index in [0.717, 1.165) is 11.4 Å². The molecule has 0 aliphatic heterocycles. The van der Waals surface area contributed by atoms with Crippen molar-refractivity contribution in [3.63, 3.8) is 0 Å². The zero-order valence-electron chi connectivity index (χ0n) is 29.0. The van der Waals surface area contributed by atoms with Crippen molar-refractivity contribution < 1.29 is 0 Å². The van der Waals surface area contributed by atoms with Gasteiger partial charge in [-0.1, -0.05) is 117 Å². The van der Waals surface area contributed by atoms with Gasteiger partial charge in [0.1, 0.15) is 0 Å². The Morgan fingerprint density at radius 3 is 1.42 bits per heavy atom. The monoisotopic (exact) mass is 682 g/mol. The Morgan fingerprint density at radius 2 is 0.904 bits per heavy atom. The summed E-state index contributed by atoms with van der Waals surface area (Å²) in [6.07, 6.45) is 0. The largest absolute Gasteiger partial charge is 0.309 e. The Hall–Kier alpha value is -5.90. The summed E-state index contributed by atoms with van der Waals surface area (Å²) in [5.41, 5.74) is 14.5. The summed E-state index contributed by atoms with van der Waals surface area (Å²) in [7, 11) is 0. The van der Waals surface area contributed by atoms with E-state index >= 15 is 0 Å². The van der Waals surface area contributed by atoms with Gasteiger partial charge in [0.2, 0.25) is 0 Å². The fourth-order valence-electron chi connectivity index (χ4n) is 10.3. The highest BCUT2D eigenvalue weighted by Gasteiger charge is 2.56. The molecule has 2 aliphatic carbocycles. The van der Waals surface area contributed by atoms with Gasteiger partial charge < -0.3 is 9.13 Å². The summed E-state index contributed by atoms with van der Waals surface area (Å²) in [4.78, 5) is 1.57. The van der Waals surface area contributed by atoms with Crippen molar-refractivity contribution >= 4 is 65.0 Å². The van der Waals surface area contributed by atoms with Gasteiger partial charge in [-0.15, -0.1) is 11.3 Å². The summed E-state index contributed by atoms with van der Waals surface area (Å²) in [5, 5.41) is 6.52. The number of hydrogen-bond donors (Lipinski definition) is 0. The third-order valence-electron chi connectivity index (χ3n) is 12.3. The van der Waals surface area contributed by atoms with Crippen molar-refractivity contribution in [1.29, 1.82) is 0 Å². The van der Waals surface area contributed by atoms with E-state index in [9.17, 15) is 0 Å². The van der Waals surface area contributed by atoms with E-state index in [-0.39, 0.29) is 5.41 Å². The summed E-state index contributed by atoms with van der Waals surface area (Å²) in [6, 6.07) is 59.0. The van der Waals surface area contributed by atoms with Gasteiger partial charge >= 0.3 is 0 Å². The highest BCUT2D eigenvalue weighted by Crippen LogP contribution is 2.69. The maximum atomic E-state index is 2.50. The van der Waals surface area contributed by atoms with Gasteiger partial charge in [-0.25, -0.2) is 0 Å². The summed E-state index contributed by atoms with van der Waals surface area (Å²) < 4.78 is 6.32. The van der Waals surface area contributed by atoms with Crippen LogP contribution in [0.15, 0.2) is 158 Å². The number of thiophene rings is 1. The molecule has 3 heterocycles. The molecule has 2 unspecified atom stereocenters. The average molecular weight is 683 g/mol. The van der Waals surface area contributed by atoms with Gasteiger partial charge in [0.05, 0.1) is 22.1 Å². The molecule has 246 valence electrons. The molecule has 2 bridgehead atoms. The van der Waals surface area contributed by atoms with E-state index in [1.165, 1.54) is 76.0 Å². The molecule has 3 heteroatoms. The first-order valence-electron chi connectivity index (χ1n) is 18.3. The van der Waals surface area contributed by atoms with E-state index in [1.54, 1.807) is 10.4 Å². The number of hydrogen-bond acceptors (Lipinski definition) is 1. The minimum Gasteiger partial charge on any atom is -0.309 e. The highest BCUT2D eigenvalue weighted by atomic mass is 32.1. The predicted octanol–water partition coefficient (Wildman–Crippen LogP) is 13.4. The van der Waals surface area contributed by atoms with Gasteiger partial charge in [-0.05, 0) is 93.2 Å². The second kappa shape index (κ2) is 10.1. The van der Waals surface area contributed by atoms with Crippen LogP contribution in [0.5, 0.6) is 0 Å². The third-order valence-corrected chi connectivity index (χ3v) is 13.6. The standard InChI is InChI=1S/C49H34N2S/c1-49(2)46-37-17-3-4-18-38(37)47(49)48-45(46)39-27-29(23-24-44(39)52-48)30-25-31(50-40-19-9-5-13-33(40)34-14-6-10-20-41(34)50)28-32(26-30)51-42-21-11-7-15-35(42)36-16-8-12-22-43(36)51/h3-28,46-47H,1-2H3. The van der Waals surface area contributed by atoms with Crippen LogP contribution in [0.4, 0.5) is 0 Å². The van der Waals surface area contributed by atoms with E-state index in [2.05, 4.69) is 181 Å². The van der Waals surface area contributed by atoms with Gasteiger partial charge in [0.15, 0.2) is 0 Å². The molecule has 2 nitrogen and oxygen atoms in total.